The maximum Gasteiger partial charge on any atom is 0.263 e. The molecule has 0 unspecified atom stereocenters. The number of rotatable bonds is 6. The highest BCUT2D eigenvalue weighted by molar-refractivity contribution is 7.90. The van der Waals surface area contributed by atoms with Crippen LogP contribution in [0.5, 0.6) is 11.5 Å². The number of anilines is 1. The molecule has 34 heavy (non-hydrogen) atoms. The van der Waals surface area contributed by atoms with Crippen LogP contribution < -0.4 is 19.5 Å². The molecule has 2 aliphatic heterocycles. The van der Waals surface area contributed by atoms with Gasteiger partial charge in [0.2, 0.25) is 6.79 Å². The minimum atomic E-state index is -3.69. The van der Waals surface area contributed by atoms with Crippen LogP contribution in [0.2, 0.25) is 0 Å². The van der Waals surface area contributed by atoms with Crippen LogP contribution >= 0.6 is 11.3 Å². The molecule has 3 aromatic rings. The molecule has 2 aliphatic rings. The zero-order valence-electron chi connectivity index (χ0n) is 18.4. The van der Waals surface area contributed by atoms with E-state index in [1.165, 1.54) is 17.4 Å². The van der Waals surface area contributed by atoms with Gasteiger partial charge in [-0.05, 0) is 36.2 Å². The predicted octanol–water partition coefficient (Wildman–Crippen LogP) is 3.63. The van der Waals surface area contributed by atoms with Crippen LogP contribution in [0.3, 0.4) is 0 Å². The molecule has 0 aliphatic carbocycles. The van der Waals surface area contributed by atoms with Crippen molar-refractivity contribution in [3.05, 3.63) is 53.4 Å². The van der Waals surface area contributed by atoms with Crippen molar-refractivity contribution in [3.8, 4) is 22.8 Å². The Morgan fingerprint density at radius 1 is 1.24 bits per heavy atom. The molecule has 0 saturated heterocycles. The lowest BCUT2D eigenvalue weighted by Crippen LogP contribution is -2.34. The van der Waals surface area contributed by atoms with Crippen molar-refractivity contribution in [2.24, 2.45) is 10.9 Å². The van der Waals surface area contributed by atoms with Crippen LogP contribution in [0.1, 0.15) is 25.8 Å². The van der Waals surface area contributed by atoms with Crippen molar-refractivity contribution < 1.29 is 22.7 Å². The molecule has 2 N–H and O–H groups in total. The first-order chi connectivity index (χ1) is 16.4. The highest BCUT2D eigenvalue weighted by Crippen LogP contribution is 2.36. The average Bonchev–Trinajstić information content (AvgIpc) is 3.55. The molecular formula is C23H22N4O5S2. The van der Waals surface area contributed by atoms with Crippen molar-refractivity contribution in [2.75, 3.05) is 12.1 Å². The number of amides is 1. The Kier molecular flexibility index (Phi) is 5.74. The van der Waals surface area contributed by atoms with Crippen LogP contribution in [-0.4, -0.2) is 38.0 Å². The molecule has 176 valence electrons. The molecule has 5 rings (SSSR count). The number of benzene rings is 2. The van der Waals surface area contributed by atoms with Gasteiger partial charge < -0.3 is 14.8 Å². The number of carbonyl (C=O) groups is 1. The minimum absolute atomic E-state index is 0.127. The van der Waals surface area contributed by atoms with E-state index in [-0.39, 0.29) is 29.3 Å². The third-order valence-electron chi connectivity index (χ3n) is 5.79. The smallest absolute Gasteiger partial charge is 0.263 e. The Bertz CT molecular complexity index is 1400. The second kappa shape index (κ2) is 8.73. The van der Waals surface area contributed by atoms with Crippen molar-refractivity contribution >= 4 is 38.2 Å². The lowest BCUT2D eigenvalue weighted by atomic mass is 9.99. The summed E-state index contributed by atoms with van der Waals surface area (Å²) >= 11 is 1.30. The number of hydrogen-bond donors (Lipinski definition) is 2. The highest BCUT2D eigenvalue weighted by atomic mass is 32.2. The summed E-state index contributed by atoms with van der Waals surface area (Å²) in [6.45, 7) is 4.06. The van der Waals surface area contributed by atoms with E-state index in [4.69, 9.17) is 9.47 Å². The number of amidine groups is 1. The quantitative estimate of drug-likeness (QED) is 0.536. The fourth-order valence-corrected chi connectivity index (χ4v) is 5.70. The van der Waals surface area contributed by atoms with Gasteiger partial charge in [0.15, 0.2) is 16.6 Å². The van der Waals surface area contributed by atoms with E-state index in [0.717, 1.165) is 5.56 Å². The van der Waals surface area contributed by atoms with Gasteiger partial charge in [-0.25, -0.2) is 13.4 Å². The number of ether oxygens (including phenoxy) is 2. The number of thiazole rings is 1. The number of nitrogens with zero attached hydrogens (tertiary/aromatic N) is 2. The number of sulfonamides is 1. The Morgan fingerprint density at radius 3 is 2.85 bits per heavy atom. The molecule has 9 nitrogen and oxygen atoms in total. The normalized spacial score (nSPS) is 18.2. The second-order valence-corrected chi connectivity index (χ2v) is 10.5. The number of aliphatic imine (C=N–C) groups is 1. The van der Waals surface area contributed by atoms with E-state index < -0.39 is 16.1 Å². The molecular weight excluding hydrogens is 476 g/mol. The van der Waals surface area contributed by atoms with Crippen LogP contribution in [0.25, 0.3) is 11.3 Å². The number of hydrogen-bond acceptors (Lipinski definition) is 8. The number of aromatic nitrogens is 1. The van der Waals surface area contributed by atoms with Gasteiger partial charge >= 0.3 is 0 Å². The van der Waals surface area contributed by atoms with Gasteiger partial charge in [-0.15, -0.1) is 11.3 Å². The van der Waals surface area contributed by atoms with E-state index in [2.05, 4.69) is 20.0 Å². The summed E-state index contributed by atoms with van der Waals surface area (Å²) in [5.74, 6) is 1.04. The Balaban J connectivity index is 1.39. The van der Waals surface area contributed by atoms with Gasteiger partial charge in [0, 0.05) is 16.5 Å². The summed E-state index contributed by atoms with van der Waals surface area (Å²) in [5, 5.41) is 5.12. The summed E-state index contributed by atoms with van der Waals surface area (Å²) in [5.41, 5.74) is 2.00. The lowest BCUT2D eigenvalue weighted by molar-refractivity contribution is -0.118. The largest absolute Gasteiger partial charge is 0.454 e. The van der Waals surface area contributed by atoms with E-state index in [1.54, 1.807) is 18.2 Å². The zero-order valence-corrected chi connectivity index (χ0v) is 20.1. The predicted molar refractivity (Wildman–Crippen MR) is 129 cm³/mol. The van der Waals surface area contributed by atoms with Gasteiger partial charge in [0.1, 0.15) is 11.9 Å². The van der Waals surface area contributed by atoms with E-state index >= 15 is 0 Å². The number of nitrogens with one attached hydrogen (secondary N) is 2. The average molecular weight is 499 g/mol. The van der Waals surface area contributed by atoms with Gasteiger partial charge in [0.05, 0.1) is 10.6 Å². The fourth-order valence-electron chi connectivity index (χ4n) is 3.74. The molecule has 2 aromatic carbocycles. The molecule has 11 heteroatoms. The minimum Gasteiger partial charge on any atom is -0.454 e. The first-order valence-corrected chi connectivity index (χ1v) is 13.1. The summed E-state index contributed by atoms with van der Waals surface area (Å²) < 4.78 is 38.1. The van der Waals surface area contributed by atoms with Crippen molar-refractivity contribution in [2.45, 2.75) is 31.2 Å². The zero-order chi connectivity index (χ0) is 23.9. The molecule has 0 radical (unpaired) electrons. The fraction of sp³-hybridized carbons (Fsp3) is 0.261. The standard InChI is InChI=1S/C23H22N4O5S2/c1-3-13(2)20(25-21-15-6-4-5-7-19(15)34(29,30)27-21)22(28)26-23-24-16(11-33-23)14-8-9-17-18(10-14)32-12-31-17/h4-11,13,20H,3,12H2,1-2H3,(H,25,27)(H,24,26,28)/t13-,20-/m0/s1. The number of carbonyl (C=O) groups excluding carboxylic acids is 1. The van der Waals surface area contributed by atoms with Crippen LogP contribution in [0, 0.1) is 5.92 Å². The van der Waals surface area contributed by atoms with E-state index in [0.29, 0.717) is 34.3 Å². The monoisotopic (exact) mass is 498 g/mol. The highest BCUT2D eigenvalue weighted by Gasteiger charge is 2.33. The molecule has 2 atom stereocenters. The van der Waals surface area contributed by atoms with E-state index in [1.807, 2.05) is 37.4 Å². The Morgan fingerprint density at radius 2 is 2.03 bits per heavy atom. The van der Waals surface area contributed by atoms with E-state index in [9.17, 15) is 13.2 Å². The van der Waals surface area contributed by atoms with Gasteiger partial charge in [-0.1, -0.05) is 32.4 Å². The van der Waals surface area contributed by atoms with Gasteiger partial charge in [-0.2, -0.15) is 0 Å². The molecule has 0 spiro atoms. The third-order valence-corrected chi connectivity index (χ3v) is 7.94. The third kappa shape index (κ3) is 4.12. The first-order valence-electron chi connectivity index (χ1n) is 10.7. The van der Waals surface area contributed by atoms with Crippen molar-refractivity contribution in [1.29, 1.82) is 0 Å². The molecule has 0 saturated carbocycles. The van der Waals surface area contributed by atoms with Gasteiger partial charge in [-0.3, -0.25) is 14.5 Å². The molecule has 1 aromatic heterocycles. The first kappa shape index (κ1) is 22.4. The number of fused-ring (bicyclic) bond motifs is 2. The summed E-state index contributed by atoms with van der Waals surface area (Å²) in [7, 11) is -3.69. The Labute approximate surface area is 200 Å². The Hall–Kier alpha value is -3.44. The molecule has 1 amide bonds. The molecule has 3 heterocycles. The lowest BCUT2D eigenvalue weighted by Gasteiger charge is -2.18. The molecule has 0 bridgehead atoms. The summed E-state index contributed by atoms with van der Waals surface area (Å²) in [6.07, 6.45) is 0.684. The molecule has 0 fully saturated rings. The van der Waals surface area contributed by atoms with Gasteiger partial charge in [0.25, 0.3) is 15.9 Å². The SMILES string of the molecule is CC[C@H](C)[C@H](N=C1NS(=O)(=O)c2ccccc21)C(=O)Nc1nc(-c2ccc3c(c2)OCO3)cs1. The summed E-state index contributed by atoms with van der Waals surface area (Å²) in [4.78, 5) is 22.4. The van der Waals surface area contributed by atoms with Crippen LogP contribution in [0.15, 0.2) is 57.7 Å². The second-order valence-electron chi connectivity index (χ2n) is 8.00. The topological polar surface area (TPSA) is 119 Å². The summed E-state index contributed by atoms with van der Waals surface area (Å²) in [6, 6.07) is 11.3. The maximum atomic E-state index is 13.2. The van der Waals surface area contributed by atoms with Crippen LogP contribution in [-0.2, 0) is 14.8 Å². The van der Waals surface area contributed by atoms with Crippen molar-refractivity contribution in [1.82, 2.24) is 9.71 Å². The van der Waals surface area contributed by atoms with Crippen molar-refractivity contribution in [3.63, 3.8) is 0 Å². The maximum absolute atomic E-state index is 13.2. The van der Waals surface area contributed by atoms with Crippen LogP contribution in [0.4, 0.5) is 5.13 Å².